The van der Waals surface area contributed by atoms with Crippen LogP contribution in [0.25, 0.3) is 11.1 Å². The number of halogens is 7. The van der Waals surface area contributed by atoms with Crippen LogP contribution in [0.3, 0.4) is 0 Å². The topological polar surface area (TPSA) is 88.6 Å². The number of nitrogens with zero attached hydrogens (tertiary/aromatic N) is 2. The molecule has 7 nitrogen and oxygen atoms in total. The van der Waals surface area contributed by atoms with E-state index in [1.807, 2.05) is 0 Å². The number of benzene rings is 2. The number of amides is 2. The molecule has 2 amide bonds. The molecule has 2 aromatic carbocycles. The fourth-order valence-electron chi connectivity index (χ4n) is 5.43. The molecule has 0 aliphatic carbocycles. The van der Waals surface area contributed by atoms with Gasteiger partial charge < -0.3 is 15.0 Å². The van der Waals surface area contributed by atoms with Gasteiger partial charge in [-0.05, 0) is 80.8 Å². The lowest BCUT2D eigenvalue weighted by molar-refractivity contribution is -0.146. The maximum Gasteiger partial charge on any atom is 0.416 e. The second-order valence-corrected chi connectivity index (χ2v) is 11.5. The number of pyridine rings is 1. The van der Waals surface area contributed by atoms with E-state index in [0.29, 0.717) is 23.3 Å². The van der Waals surface area contributed by atoms with Crippen LogP contribution >= 0.6 is 0 Å². The number of esters is 1. The molecule has 1 N–H and O–H groups in total. The molecule has 46 heavy (non-hydrogen) atoms. The third-order valence-corrected chi connectivity index (χ3v) is 7.94. The number of aromatic nitrogens is 1. The number of carbonyl (C=O) groups is 3. The summed E-state index contributed by atoms with van der Waals surface area (Å²) in [6.07, 6.45) is -9.10. The van der Waals surface area contributed by atoms with Crippen molar-refractivity contribution in [1.82, 2.24) is 10.3 Å². The Morgan fingerprint density at radius 1 is 0.957 bits per heavy atom. The number of hydrogen-bond acceptors (Lipinski definition) is 5. The van der Waals surface area contributed by atoms with Crippen molar-refractivity contribution < 1.29 is 49.9 Å². The molecule has 1 aromatic heterocycles. The first-order valence-corrected chi connectivity index (χ1v) is 14.1. The Morgan fingerprint density at radius 2 is 1.54 bits per heavy atom. The molecule has 2 heterocycles. The zero-order valence-electron chi connectivity index (χ0n) is 25.4. The van der Waals surface area contributed by atoms with Crippen molar-refractivity contribution >= 4 is 23.5 Å². The minimum atomic E-state index is -5.12. The predicted octanol–water partition coefficient (Wildman–Crippen LogP) is 6.71. The van der Waals surface area contributed by atoms with Gasteiger partial charge in [0.2, 0.25) is 11.8 Å². The highest BCUT2D eigenvalue weighted by atomic mass is 19.4. The molecular formula is C32H30F7N3O4. The second kappa shape index (κ2) is 12.4. The fraction of sp³-hybridized carbons (Fsp3) is 0.375. The van der Waals surface area contributed by atoms with E-state index in [-0.39, 0.29) is 36.0 Å². The van der Waals surface area contributed by atoms with Gasteiger partial charge in [-0.3, -0.25) is 14.6 Å². The van der Waals surface area contributed by atoms with Gasteiger partial charge in [0.05, 0.1) is 35.0 Å². The van der Waals surface area contributed by atoms with Gasteiger partial charge in [0.1, 0.15) is 11.9 Å². The van der Waals surface area contributed by atoms with Crippen LogP contribution in [0.1, 0.15) is 61.1 Å². The van der Waals surface area contributed by atoms with Crippen molar-refractivity contribution in [1.29, 1.82) is 0 Å². The van der Waals surface area contributed by atoms with E-state index in [0.717, 1.165) is 4.90 Å². The Labute approximate surface area is 259 Å². The van der Waals surface area contributed by atoms with E-state index in [1.54, 1.807) is 13.8 Å². The third kappa shape index (κ3) is 6.85. The van der Waals surface area contributed by atoms with Gasteiger partial charge in [-0.15, -0.1) is 0 Å². The molecule has 0 bridgehead atoms. The molecule has 3 aromatic rings. The molecule has 2 atom stereocenters. The van der Waals surface area contributed by atoms with Crippen LogP contribution in [0.5, 0.6) is 0 Å². The van der Waals surface area contributed by atoms with Gasteiger partial charge >= 0.3 is 18.3 Å². The molecule has 0 radical (unpaired) electrons. The largest absolute Gasteiger partial charge is 0.464 e. The minimum absolute atomic E-state index is 0.0159. The summed E-state index contributed by atoms with van der Waals surface area (Å²) in [7, 11) is 1.28. The van der Waals surface area contributed by atoms with Crippen molar-refractivity contribution in [3.8, 4) is 11.1 Å². The summed E-state index contributed by atoms with van der Waals surface area (Å²) in [6.45, 7) is 5.65. The lowest BCUT2D eigenvalue weighted by Crippen LogP contribution is -2.42. The molecular weight excluding hydrogens is 623 g/mol. The lowest BCUT2D eigenvalue weighted by Gasteiger charge is -2.32. The standard InChI is InChI=1S/C32H30F7N3O4/c1-6-46-28(44)27-23(14-26(43)41-27)24-13-22(21-8-7-20(33)9-16(21)2)25(15-40-24)42(5)29(45)30(3,4)17-10-18(31(34,35)36)12-19(11-17)32(37,38)39/h7-13,15,23,27H,6,14H2,1-5H3,(H,41,43)/t23?,27-/m0/s1. The Kier molecular flexibility index (Phi) is 9.24. The number of nitrogens with one attached hydrogen (secondary N) is 1. The van der Waals surface area contributed by atoms with E-state index in [1.165, 1.54) is 51.4 Å². The summed E-state index contributed by atoms with van der Waals surface area (Å²) in [5.41, 5.74) is -4.10. The molecule has 14 heteroatoms. The SMILES string of the molecule is CCOC(=O)[C@H]1NC(=O)CC1c1cc(-c2ccc(F)cc2C)c(N(C)C(=O)C(C)(C)c2cc(C(F)(F)F)cc(C(F)(F)F)c2)cn1. The summed E-state index contributed by atoms with van der Waals surface area (Å²) < 4.78 is 101. The zero-order valence-corrected chi connectivity index (χ0v) is 25.4. The van der Waals surface area contributed by atoms with Crippen LogP contribution < -0.4 is 10.2 Å². The van der Waals surface area contributed by atoms with Gasteiger partial charge in [-0.25, -0.2) is 9.18 Å². The maximum absolute atomic E-state index is 14.1. The average molecular weight is 654 g/mol. The molecule has 1 fully saturated rings. The van der Waals surface area contributed by atoms with Crippen LogP contribution in [-0.2, 0) is 36.9 Å². The number of hydrogen-bond donors (Lipinski definition) is 1. The first-order valence-electron chi connectivity index (χ1n) is 14.1. The van der Waals surface area contributed by atoms with Gasteiger partial charge in [-0.2, -0.15) is 26.3 Å². The van der Waals surface area contributed by atoms with Crippen molar-refractivity contribution in [2.24, 2.45) is 0 Å². The van der Waals surface area contributed by atoms with E-state index in [9.17, 15) is 45.1 Å². The van der Waals surface area contributed by atoms with E-state index in [2.05, 4.69) is 10.3 Å². The monoisotopic (exact) mass is 653 g/mol. The predicted molar refractivity (Wildman–Crippen MR) is 153 cm³/mol. The summed E-state index contributed by atoms with van der Waals surface area (Å²) >= 11 is 0. The number of alkyl halides is 6. The quantitative estimate of drug-likeness (QED) is 0.226. The normalized spacial score (nSPS) is 17.1. The number of aryl methyl sites for hydroxylation is 1. The Bertz CT molecular complexity index is 1650. The Hall–Kier alpha value is -4.49. The maximum atomic E-state index is 14.1. The Balaban J connectivity index is 1.85. The minimum Gasteiger partial charge on any atom is -0.464 e. The van der Waals surface area contributed by atoms with Crippen LogP contribution in [0.4, 0.5) is 36.4 Å². The van der Waals surface area contributed by atoms with Crippen molar-refractivity contribution in [3.05, 3.63) is 82.4 Å². The fourth-order valence-corrected chi connectivity index (χ4v) is 5.43. The van der Waals surface area contributed by atoms with E-state index in [4.69, 9.17) is 4.74 Å². The number of carbonyl (C=O) groups excluding carboxylic acids is 3. The smallest absolute Gasteiger partial charge is 0.416 e. The zero-order chi connectivity index (χ0) is 34.4. The number of ether oxygens (including phenoxy) is 1. The molecule has 1 aliphatic rings. The first-order chi connectivity index (χ1) is 21.2. The highest BCUT2D eigenvalue weighted by Crippen LogP contribution is 2.42. The van der Waals surface area contributed by atoms with Crippen LogP contribution in [0, 0.1) is 12.7 Å². The van der Waals surface area contributed by atoms with E-state index >= 15 is 0 Å². The van der Waals surface area contributed by atoms with Gasteiger partial charge in [0, 0.05) is 30.6 Å². The molecule has 246 valence electrons. The summed E-state index contributed by atoms with van der Waals surface area (Å²) in [4.78, 5) is 44.3. The van der Waals surface area contributed by atoms with Crippen molar-refractivity contribution in [3.63, 3.8) is 0 Å². The highest BCUT2D eigenvalue weighted by molar-refractivity contribution is 6.03. The number of anilines is 1. The third-order valence-electron chi connectivity index (χ3n) is 7.94. The second-order valence-electron chi connectivity index (χ2n) is 11.5. The number of rotatable bonds is 7. The Morgan fingerprint density at radius 3 is 2.09 bits per heavy atom. The van der Waals surface area contributed by atoms with Crippen molar-refractivity contribution in [2.45, 2.75) is 63.8 Å². The van der Waals surface area contributed by atoms with Crippen LogP contribution in [0.2, 0.25) is 0 Å². The molecule has 0 spiro atoms. The molecule has 1 unspecified atom stereocenters. The van der Waals surface area contributed by atoms with Gasteiger partial charge in [0.25, 0.3) is 0 Å². The first kappa shape index (κ1) is 34.4. The highest BCUT2D eigenvalue weighted by Gasteiger charge is 2.43. The van der Waals surface area contributed by atoms with Crippen LogP contribution in [-0.4, -0.2) is 42.5 Å². The summed E-state index contributed by atoms with van der Waals surface area (Å²) in [5, 5.41) is 2.56. The summed E-state index contributed by atoms with van der Waals surface area (Å²) in [5.74, 6) is -3.32. The van der Waals surface area contributed by atoms with Crippen molar-refractivity contribution in [2.75, 3.05) is 18.6 Å². The molecule has 1 saturated heterocycles. The molecule has 0 saturated carbocycles. The van der Waals surface area contributed by atoms with Gasteiger partial charge in [-0.1, -0.05) is 6.07 Å². The van der Waals surface area contributed by atoms with Gasteiger partial charge in [0.15, 0.2) is 0 Å². The molecule has 1 aliphatic heterocycles. The summed E-state index contributed by atoms with van der Waals surface area (Å²) in [6, 6.07) is 5.28. The van der Waals surface area contributed by atoms with E-state index < -0.39 is 70.0 Å². The lowest BCUT2D eigenvalue weighted by atomic mass is 9.81. The van der Waals surface area contributed by atoms with Crippen LogP contribution in [0.15, 0.2) is 48.7 Å². The molecule has 4 rings (SSSR count). The number of likely N-dealkylation sites (N-methyl/N-ethyl adjacent to an activating group) is 1. The average Bonchev–Trinajstić information content (AvgIpc) is 3.37.